The summed E-state index contributed by atoms with van der Waals surface area (Å²) in [5.74, 6) is 1.16. The lowest BCUT2D eigenvalue weighted by Crippen LogP contribution is -2.31. The van der Waals surface area contributed by atoms with Gasteiger partial charge < -0.3 is 10.4 Å². The van der Waals surface area contributed by atoms with Crippen LogP contribution in [0.25, 0.3) is 11.4 Å². The monoisotopic (exact) mass is 288 g/mol. The van der Waals surface area contributed by atoms with Crippen molar-refractivity contribution in [2.75, 3.05) is 6.54 Å². The zero-order valence-corrected chi connectivity index (χ0v) is 12.3. The Hall–Kier alpha value is -2.21. The molecule has 112 valence electrons. The Morgan fingerprint density at radius 3 is 2.67 bits per heavy atom. The molecule has 1 atom stereocenters. The van der Waals surface area contributed by atoms with E-state index >= 15 is 0 Å². The lowest BCUT2D eigenvalue weighted by atomic mass is 10.1. The Kier molecular flexibility index (Phi) is 5.05. The smallest absolute Gasteiger partial charge is 0.251 e. The molecule has 0 fully saturated rings. The zero-order valence-electron chi connectivity index (χ0n) is 12.3. The Bertz CT molecular complexity index is 592. The minimum Gasteiger partial charge on any atom is -0.391 e. The summed E-state index contributed by atoms with van der Waals surface area (Å²) in [6.45, 7) is 4.10. The molecule has 0 radical (unpaired) electrons. The SMILES string of the molecule is CCCC(O)CNC(=O)c1ccc(-c2n[nH]c(C)n2)cc1. The molecule has 0 aliphatic rings. The van der Waals surface area contributed by atoms with E-state index in [0.29, 0.717) is 17.8 Å². The summed E-state index contributed by atoms with van der Waals surface area (Å²) in [7, 11) is 0. The summed E-state index contributed by atoms with van der Waals surface area (Å²) in [6.07, 6.45) is 1.08. The molecule has 2 aromatic rings. The fourth-order valence-electron chi connectivity index (χ4n) is 1.99. The van der Waals surface area contributed by atoms with Gasteiger partial charge in [-0.15, -0.1) is 0 Å². The van der Waals surface area contributed by atoms with Gasteiger partial charge in [0.1, 0.15) is 5.82 Å². The molecular formula is C15H20N4O2. The fraction of sp³-hybridized carbons (Fsp3) is 0.400. The Labute approximate surface area is 123 Å². The van der Waals surface area contributed by atoms with Gasteiger partial charge in [0.2, 0.25) is 0 Å². The number of carbonyl (C=O) groups excluding carboxylic acids is 1. The van der Waals surface area contributed by atoms with E-state index in [0.717, 1.165) is 17.8 Å². The molecule has 0 saturated heterocycles. The number of rotatable bonds is 6. The molecule has 6 nitrogen and oxygen atoms in total. The maximum Gasteiger partial charge on any atom is 0.251 e. The maximum atomic E-state index is 11.9. The van der Waals surface area contributed by atoms with E-state index in [4.69, 9.17) is 0 Å². The first-order valence-corrected chi connectivity index (χ1v) is 7.06. The molecule has 3 N–H and O–H groups in total. The maximum absolute atomic E-state index is 11.9. The number of H-pyrrole nitrogens is 1. The number of aliphatic hydroxyl groups is 1. The van der Waals surface area contributed by atoms with E-state index in [1.54, 1.807) is 24.3 Å². The third kappa shape index (κ3) is 4.13. The van der Waals surface area contributed by atoms with Crippen molar-refractivity contribution >= 4 is 5.91 Å². The Balaban J connectivity index is 1.97. The first-order chi connectivity index (χ1) is 10.1. The lowest BCUT2D eigenvalue weighted by molar-refractivity contribution is 0.0910. The number of hydrogen-bond donors (Lipinski definition) is 3. The van der Waals surface area contributed by atoms with E-state index in [-0.39, 0.29) is 12.5 Å². The van der Waals surface area contributed by atoms with Crippen molar-refractivity contribution < 1.29 is 9.90 Å². The first-order valence-electron chi connectivity index (χ1n) is 7.06. The van der Waals surface area contributed by atoms with Crippen molar-refractivity contribution in [3.05, 3.63) is 35.7 Å². The standard InChI is InChI=1S/C15H20N4O2/c1-3-4-13(20)9-16-15(21)12-7-5-11(6-8-12)14-17-10(2)18-19-14/h5-8,13,20H,3-4,9H2,1-2H3,(H,16,21)(H,17,18,19). The van der Waals surface area contributed by atoms with Gasteiger partial charge in [0.25, 0.3) is 5.91 Å². The Morgan fingerprint density at radius 2 is 2.10 bits per heavy atom. The van der Waals surface area contributed by atoms with Crippen molar-refractivity contribution in [1.29, 1.82) is 0 Å². The summed E-state index contributed by atoms with van der Waals surface area (Å²) in [5, 5.41) is 19.2. The van der Waals surface area contributed by atoms with Crippen LogP contribution in [-0.2, 0) is 0 Å². The minimum atomic E-state index is -0.491. The number of aliphatic hydroxyl groups excluding tert-OH is 1. The summed E-state index contributed by atoms with van der Waals surface area (Å²) < 4.78 is 0. The van der Waals surface area contributed by atoms with Gasteiger partial charge in [-0.1, -0.05) is 25.5 Å². The van der Waals surface area contributed by atoms with Crippen LogP contribution >= 0.6 is 0 Å². The minimum absolute atomic E-state index is 0.192. The normalized spacial score (nSPS) is 12.1. The molecule has 0 saturated carbocycles. The highest BCUT2D eigenvalue weighted by Crippen LogP contribution is 2.15. The van der Waals surface area contributed by atoms with Gasteiger partial charge in [0.15, 0.2) is 5.82 Å². The molecule has 21 heavy (non-hydrogen) atoms. The van der Waals surface area contributed by atoms with Crippen LogP contribution in [0.5, 0.6) is 0 Å². The molecule has 1 heterocycles. The van der Waals surface area contributed by atoms with Gasteiger partial charge in [0, 0.05) is 17.7 Å². The summed E-state index contributed by atoms with van der Waals surface area (Å²) in [4.78, 5) is 16.2. The van der Waals surface area contributed by atoms with E-state index in [2.05, 4.69) is 20.5 Å². The molecule has 0 bridgehead atoms. The number of benzene rings is 1. The predicted octanol–water partition coefficient (Wildman–Crippen LogP) is 1.67. The van der Waals surface area contributed by atoms with Crippen LogP contribution < -0.4 is 5.32 Å². The van der Waals surface area contributed by atoms with Crippen LogP contribution in [-0.4, -0.2) is 38.8 Å². The van der Waals surface area contributed by atoms with Crippen LogP contribution in [0.3, 0.4) is 0 Å². The summed E-state index contributed by atoms with van der Waals surface area (Å²) >= 11 is 0. The van der Waals surface area contributed by atoms with Gasteiger partial charge in [-0.2, -0.15) is 5.10 Å². The van der Waals surface area contributed by atoms with Gasteiger partial charge in [-0.3, -0.25) is 9.89 Å². The quantitative estimate of drug-likeness (QED) is 0.754. The van der Waals surface area contributed by atoms with Crippen LogP contribution in [0.4, 0.5) is 0 Å². The van der Waals surface area contributed by atoms with Crippen molar-refractivity contribution in [2.24, 2.45) is 0 Å². The molecule has 2 rings (SSSR count). The molecule has 1 aromatic carbocycles. The highest BCUT2D eigenvalue weighted by atomic mass is 16.3. The van der Waals surface area contributed by atoms with Gasteiger partial charge >= 0.3 is 0 Å². The number of amides is 1. The number of aryl methyl sites for hydroxylation is 1. The third-order valence-corrected chi connectivity index (χ3v) is 3.12. The molecule has 0 spiro atoms. The first kappa shape index (κ1) is 15.2. The second kappa shape index (κ2) is 6.99. The summed E-state index contributed by atoms with van der Waals surface area (Å²) in [6, 6.07) is 7.06. The topological polar surface area (TPSA) is 90.9 Å². The number of aromatic nitrogens is 3. The van der Waals surface area contributed by atoms with Crippen molar-refractivity contribution in [1.82, 2.24) is 20.5 Å². The molecule has 1 aromatic heterocycles. The summed E-state index contributed by atoms with van der Waals surface area (Å²) in [5.41, 5.74) is 1.40. The number of carbonyl (C=O) groups is 1. The second-order valence-corrected chi connectivity index (χ2v) is 4.97. The lowest BCUT2D eigenvalue weighted by Gasteiger charge is -2.10. The van der Waals surface area contributed by atoms with Crippen LogP contribution in [0, 0.1) is 6.92 Å². The predicted molar refractivity (Wildman–Crippen MR) is 79.8 cm³/mol. The third-order valence-electron chi connectivity index (χ3n) is 3.12. The second-order valence-electron chi connectivity index (χ2n) is 4.97. The number of aromatic amines is 1. The molecule has 1 amide bonds. The molecule has 0 aliphatic heterocycles. The number of nitrogens with one attached hydrogen (secondary N) is 2. The Morgan fingerprint density at radius 1 is 1.38 bits per heavy atom. The fourth-order valence-corrected chi connectivity index (χ4v) is 1.99. The molecular weight excluding hydrogens is 268 g/mol. The van der Waals surface area contributed by atoms with Crippen molar-refractivity contribution in [3.8, 4) is 11.4 Å². The molecule has 1 unspecified atom stereocenters. The van der Waals surface area contributed by atoms with Crippen molar-refractivity contribution in [2.45, 2.75) is 32.8 Å². The van der Waals surface area contributed by atoms with E-state index in [9.17, 15) is 9.90 Å². The highest BCUT2D eigenvalue weighted by Gasteiger charge is 2.09. The van der Waals surface area contributed by atoms with E-state index < -0.39 is 6.10 Å². The highest BCUT2D eigenvalue weighted by molar-refractivity contribution is 5.94. The van der Waals surface area contributed by atoms with E-state index in [1.165, 1.54) is 0 Å². The zero-order chi connectivity index (χ0) is 15.2. The largest absolute Gasteiger partial charge is 0.391 e. The molecule has 6 heteroatoms. The number of nitrogens with zero attached hydrogens (tertiary/aromatic N) is 2. The van der Waals surface area contributed by atoms with E-state index in [1.807, 2.05) is 13.8 Å². The van der Waals surface area contributed by atoms with Gasteiger partial charge in [-0.25, -0.2) is 4.98 Å². The van der Waals surface area contributed by atoms with Crippen LogP contribution in [0.15, 0.2) is 24.3 Å². The van der Waals surface area contributed by atoms with Gasteiger partial charge in [0.05, 0.1) is 6.10 Å². The average Bonchev–Trinajstić information content (AvgIpc) is 2.92. The number of hydrogen-bond acceptors (Lipinski definition) is 4. The van der Waals surface area contributed by atoms with Gasteiger partial charge in [-0.05, 0) is 25.5 Å². The molecule has 0 aliphatic carbocycles. The van der Waals surface area contributed by atoms with Crippen LogP contribution in [0.2, 0.25) is 0 Å². The van der Waals surface area contributed by atoms with Crippen molar-refractivity contribution in [3.63, 3.8) is 0 Å². The average molecular weight is 288 g/mol. The van der Waals surface area contributed by atoms with Crippen LogP contribution in [0.1, 0.15) is 35.9 Å².